The quantitative estimate of drug-likeness (QED) is 0.807. The van der Waals surface area contributed by atoms with Gasteiger partial charge in [0.1, 0.15) is 6.23 Å². The zero-order valence-electron chi connectivity index (χ0n) is 11.6. The van der Waals surface area contributed by atoms with E-state index < -0.39 is 0 Å². The number of hydrogen-bond acceptors (Lipinski definition) is 5. The van der Waals surface area contributed by atoms with E-state index in [1.54, 1.807) is 17.9 Å². The molecule has 1 fully saturated rings. The maximum Gasteiger partial charge on any atom is 0.263 e. The number of methoxy groups -OCH3 is 1. The monoisotopic (exact) mass is 288 g/mol. The fourth-order valence-corrected chi connectivity index (χ4v) is 2.70. The lowest BCUT2D eigenvalue weighted by molar-refractivity contribution is -0.0298. The summed E-state index contributed by atoms with van der Waals surface area (Å²) in [5, 5.41) is 0.366. The Hall–Kier alpha value is -2.30. The van der Waals surface area contributed by atoms with Crippen molar-refractivity contribution >= 4 is 17.0 Å². The highest BCUT2D eigenvalue weighted by molar-refractivity contribution is 5.83. The van der Waals surface area contributed by atoms with Crippen molar-refractivity contribution in [3.63, 3.8) is 0 Å². The minimum absolute atomic E-state index is 0.0334. The van der Waals surface area contributed by atoms with Crippen LogP contribution in [0.15, 0.2) is 11.0 Å². The van der Waals surface area contributed by atoms with Crippen LogP contribution in [-0.4, -0.2) is 34.4 Å². The van der Waals surface area contributed by atoms with Crippen LogP contribution in [0.3, 0.4) is 0 Å². The van der Waals surface area contributed by atoms with Crippen molar-refractivity contribution in [1.82, 2.24) is 14.5 Å². The SMILES string of the molecule is C#Cc1cn(C2CCC(COC)O2)c2nc(N)[nH]c(=O)c12. The minimum Gasteiger partial charge on any atom is -0.382 e. The van der Waals surface area contributed by atoms with E-state index in [0.717, 1.165) is 12.8 Å². The van der Waals surface area contributed by atoms with Gasteiger partial charge in [0.05, 0.1) is 23.7 Å². The first-order valence-electron chi connectivity index (χ1n) is 6.65. The second kappa shape index (κ2) is 5.24. The number of nitrogen functional groups attached to an aromatic ring is 1. The molecule has 2 aromatic rings. The largest absolute Gasteiger partial charge is 0.382 e. The highest BCUT2D eigenvalue weighted by atomic mass is 16.5. The number of fused-ring (bicyclic) bond motifs is 1. The zero-order valence-corrected chi connectivity index (χ0v) is 11.6. The van der Waals surface area contributed by atoms with Crippen LogP contribution in [0, 0.1) is 12.3 Å². The zero-order chi connectivity index (χ0) is 15.0. The van der Waals surface area contributed by atoms with Crippen molar-refractivity contribution in [1.29, 1.82) is 0 Å². The second-order valence-corrected chi connectivity index (χ2v) is 4.99. The van der Waals surface area contributed by atoms with Crippen LogP contribution in [0.4, 0.5) is 5.95 Å². The molecule has 0 spiro atoms. The number of terminal acetylenes is 1. The van der Waals surface area contributed by atoms with Gasteiger partial charge in [-0.25, -0.2) is 0 Å². The molecule has 1 aliphatic heterocycles. The molecule has 0 amide bonds. The summed E-state index contributed by atoms with van der Waals surface area (Å²) < 4.78 is 12.8. The summed E-state index contributed by atoms with van der Waals surface area (Å²) in [5.74, 6) is 2.57. The predicted molar refractivity (Wildman–Crippen MR) is 77.7 cm³/mol. The van der Waals surface area contributed by atoms with Gasteiger partial charge in [0.15, 0.2) is 5.65 Å². The van der Waals surface area contributed by atoms with Crippen molar-refractivity contribution in [2.24, 2.45) is 0 Å². The lowest BCUT2D eigenvalue weighted by Gasteiger charge is -2.15. The van der Waals surface area contributed by atoms with Gasteiger partial charge in [-0.1, -0.05) is 5.92 Å². The molecule has 0 bridgehead atoms. The smallest absolute Gasteiger partial charge is 0.263 e. The molecule has 1 saturated heterocycles. The number of ether oxygens (including phenoxy) is 2. The average Bonchev–Trinajstić information content (AvgIpc) is 3.03. The Bertz CT molecular complexity index is 771. The minimum atomic E-state index is -0.337. The number of hydrogen-bond donors (Lipinski definition) is 2. The topological polar surface area (TPSA) is 95.2 Å². The highest BCUT2D eigenvalue weighted by Crippen LogP contribution is 2.31. The fourth-order valence-electron chi connectivity index (χ4n) is 2.70. The van der Waals surface area contributed by atoms with Crippen LogP contribution in [0.25, 0.3) is 11.0 Å². The van der Waals surface area contributed by atoms with Crippen molar-refractivity contribution in [2.45, 2.75) is 25.2 Å². The number of rotatable bonds is 3. The number of aromatic nitrogens is 3. The first-order valence-corrected chi connectivity index (χ1v) is 6.65. The Kier molecular flexibility index (Phi) is 3.41. The Morgan fingerprint density at radius 3 is 3.19 bits per heavy atom. The molecule has 0 aliphatic carbocycles. The van der Waals surface area contributed by atoms with E-state index in [4.69, 9.17) is 21.6 Å². The summed E-state index contributed by atoms with van der Waals surface area (Å²) in [4.78, 5) is 18.7. The Morgan fingerprint density at radius 2 is 2.48 bits per heavy atom. The van der Waals surface area contributed by atoms with Gasteiger partial charge >= 0.3 is 0 Å². The van der Waals surface area contributed by atoms with E-state index >= 15 is 0 Å². The van der Waals surface area contributed by atoms with Crippen molar-refractivity contribution in [2.75, 3.05) is 19.5 Å². The van der Waals surface area contributed by atoms with Gasteiger partial charge in [-0.3, -0.25) is 9.78 Å². The molecule has 3 rings (SSSR count). The lowest BCUT2D eigenvalue weighted by atomic mass is 10.2. The summed E-state index contributed by atoms with van der Waals surface area (Å²) >= 11 is 0. The number of aromatic amines is 1. The molecule has 0 radical (unpaired) electrons. The van der Waals surface area contributed by atoms with Crippen molar-refractivity contribution in [3.05, 3.63) is 22.1 Å². The molecular formula is C14H16N4O3. The Labute approximate surface area is 121 Å². The molecular weight excluding hydrogens is 272 g/mol. The molecule has 2 unspecified atom stereocenters. The summed E-state index contributed by atoms with van der Waals surface area (Å²) in [7, 11) is 1.64. The second-order valence-electron chi connectivity index (χ2n) is 4.99. The van der Waals surface area contributed by atoms with Crippen molar-refractivity contribution < 1.29 is 9.47 Å². The number of nitrogens with zero attached hydrogens (tertiary/aromatic N) is 2. The number of nitrogens with one attached hydrogen (secondary N) is 1. The maximum atomic E-state index is 12.0. The molecule has 7 heteroatoms. The molecule has 0 aromatic carbocycles. The van der Waals surface area contributed by atoms with Crippen LogP contribution in [-0.2, 0) is 9.47 Å². The first-order chi connectivity index (χ1) is 10.1. The van der Waals surface area contributed by atoms with Gasteiger partial charge in [-0.2, -0.15) is 4.98 Å². The third-order valence-corrected chi connectivity index (χ3v) is 3.60. The van der Waals surface area contributed by atoms with Crippen LogP contribution in [0.1, 0.15) is 24.6 Å². The predicted octanol–water partition coefficient (Wildman–Crippen LogP) is 0.612. The Balaban J connectivity index is 2.08. The van der Waals surface area contributed by atoms with E-state index in [1.165, 1.54) is 0 Å². The van der Waals surface area contributed by atoms with Crippen LogP contribution < -0.4 is 11.3 Å². The normalized spacial score (nSPS) is 21.7. The van der Waals surface area contributed by atoms with Crippen LogP contribution >= 0.6 is 0 Å². The molecule has 3 N–H and O–H groups in total. The fraction of sp³-hybridized carbons (Fsp3) is 0.429. The summed E-state index contributed by atoms with van der Waals surface area (Å²) in [6, 6.07) is 0. The number of nitrogens with two attached hydrogens (primary N) is 1. The molecule has 7 nitrogen and oxygen atoms in total. The molecule has 3 heterocycles. The molecule has 0 saturated carbocycles. The number of H-pyrrole nitrogens is 1. The van der Waals surface area contributed by atoms with Gasteiger partial charge in [0.25, 0.3) is 5.56 Å². The van der Waals surface area contributed by atoms with E-state index in [2.05, 4.69) is 15.9 Å². The third kappa shape index (κ3) is 2.28. The van der Waals surface area contributed by atoms with Gasteiger partial charge in [-0.15, -0.1) is 6.42 Å². The van der Waals surface area contributed by atoms with Crippen molar-refractivity contribution in [3.8, 4) is 12.3 Å². The standard InChI is InChI=1S/C14H16N4O3/c1-3-8-6-18(10-5-4-9(21-10)7-20-2)12-11(8)13(19)17-14(15)16-12/h1,6,9-10H,4-5,7H2,2H3,(H3,15,16,17,19). The summed E-state index contributed by atoms with van der Waals surface area (Å²) in [5.41, 5.74) is 6.22. The van der Waals surface area contributed by atoms with Gasteiger partial charge in [0, 0.05) is 13.3 Å². The van der Waals surface area contributed by atoms with Gasteiger partial charge in [0.2, 0.25) is 5.95 Å². The number of anilines is 1. The molecule has 2 aromatic heterocycles. The molecule has 110 valence electrons. The van der Waals surface area contributed by atoms with E-state index in [1.807, 2.05) is 0 Å². The average molecular weight is 288 g/mol. The van der Waals surface area contributed by atoms with Crippen LogP contribution in [0.5, 0.6) is 0 Å². The van der Waals surface area contributed by atoms with Crippen LogP contribution in [0.2, 0.25) is 0 Å². The first kappa shape index (κ1) is 13.7. The van der Waals surface area contributed by atoms with Gasteiger partial charge in [-0.05, 0) is 12.8 Å². The lowest BCUT2D eigenvalue weighted by Crippen LogP contribution is -2.16. The third-order valence-electron chi connectivity index (χ3n) is 3.60. The summed E-state index contributed by atoms with van der Waals surface area (Å²) in [6.45, 7) is 0.536. The van der Waals surface area contributed by atoms with Gasteiger partial charge < -0.3 is 19.8 Å². The van der Waals surface area contributed by atoms with E-state index in [0.29, 0.717) is 23.2 Å². The maximum absolute atomic E-state index is 12.0. The molecule has 2 atom stereocenters. The van der Waals surface area contributed by atoms with E-state index in [-0.39, 0.29) is 23.8 Å². The Morgan fingerprint density at radius 1 is 1.67 bits per heavy atom. The highest BCUT2D eigenvalue weighted by Gasteiger charge is 2.28. The summed E-state index contributed by atoms with van der Waals surface area (Å²) in [6.07, 6.45) is 8.68. The molecule has 21 heavy (non-hydrogen) atoms. The van der Waals surface area contributed by atoms with E-state index in [9.17, 15) is 4.79 Å². The molecule has 1 aliphatic rings.